The first-order valence-electron chi connectivity index (χ1n) is 9.54. The number of carbonyl (C=O) groups excluding carboxylic acids is 2. The van der Waals surface area contributed by atoms with Crippen LogP contribution in [0, 0.1) is 0 Å². The Bertz CT molecular complexity index is 1020. The average molecular weight is 373 g/mol. The predicted molar refractivity (Wildman–Crippen MR) is 112 cm³/mol. The van der Waals surface area contributed by atoms with Crippen molar-refractivity contribution in [1.29, 1.82) is 0 Å². The summed E-state index contributed by atoms with van der Waals surface area (Å²) in [6, 6.07) is 20.6. The summed E-state index contributed by atoms with van der Waals surface area (Å²) < 4.78 is 0. The first-order chi connectivity index (χ1) is 13.6. The van der Waals surface area contributed by atoms with E-state index in [0.717, 1.165) is 28.4 Å². The molecule has 1 aliphatic heterocycles. The monoisotopic (exact) mass is 373 g/mol. The Labute approximate surface area is 164 Å². The van der Waals surface area contributed by atoms with Gasteiger partial charge in [0.1, 0.15) is 6.04 Å². The molecule has 1 fully saturated rings. The van der Waals surface area contributed by atoms with E-state index in [1.165, 1.54) is 0 Å². The van der Waals surface area contributed by atoms with Crippen molar-refractivity contribution in [3.05, 3.63) is 72.3 Å². The Balaban J connectivity index is 1.46. The van der Waals surface area contributed by atoms with Gasteiger partial charge in [0.15, 0.2) is 0 Å². The molecule has 0 spiro atoms. The zero-order valence-corrected chi connectivity index (χ0v) is 15.6. The molecule has 5 nitrogen and oxygen atoms in total. The van der Waals surface area contributed by atoms with Crippen molar-refractivity contribution >= 4 is 34.0 Å². The van der Waals surface area contributed by atoms with E-state index in [4.69, 9.17) is 5.73 Å². The molecule has 3 aromatic carbocycles. The Morgan fingerprint density at radius 1 is 1.00 bits per heavy atom. The minimum Gasteiger partial charge on any atom is -0.399 e. The molecule has 0 unspecified atom stereocenters. The van der Waals surface area contributed by atoms with E-state index in [1.54, 1.807) is 4.90 Å². The van der Waals surface area contributed by atoms with E-state index in [9.17, 15) is 9.59 Å². The standard InChI is InChI=1S/C23H23N3O2/c24-19-10-8-18-15-20(11-9-17(18)14-19)25-23(28)21-7-4-12-26(21)22(27)13-16-5-2-1-3-6-16/h1-3,5-6,8-11,14-15,21H,4,7,12-13,24H2,(H,25,28)/t21-/m0/s1. The van der Waals surface area contributed by atoms with Crippen molar-refractivity contribution in [3.63, 3.8) is 0 Å². The smallest absolute Gasteiger partial charge is 0.247 e. The number of likely N-dealkylation sites (tertiary alicyclic amines) is 1. The lowest BCUT2D eigenvalue weighted by Gasteiger charge is -2.24. The second-order valence-corrected chi connectivity index (χ2v) is 7.22. The van der Waals surface area contributed by atoms with Crippen LogP contribution in [0.3, 0.4) is 0 Å². The van der Waals surface area contributed by atoms with Gasteiger partial charge in [-0.2, -0.15) is 0 Å². The van der Waals surface area contributed by atoms with Crippen LogP contribution in [0.5, 0.6) is 0 Å². The molecule has 3 N–H and O–H groups in total. The Morgan fingerprint density at radius 2 is 1.75 bits per heavy atom. The van der Waals surface area contributed by atoms with Gasteiger partial charge in [0.2, 0.25) is 11.8 Å². The van der Waals surface area contributed by atoms with Crippen molar-refractivity contribution in [3.8, 4) is 0 Å². The molecule has 5 heteroatoms. The third-order valence-electron chi connectivity index (χ3n) is 5.21. The number of hydrogen-bond donors (Lipinski definition) is 2. The van der Waals surface area contributed by atoms with Crippen molar-refractivity contribution in [2.45, 2.75) is 25.3 Å². The molecule has 1 heterocycles. The van der Waals surface area contributed by atoms with Crippen LogP contribution in [-0.2, 0) is 16.0 Å². The summed E-state index contributed by atoms with van der Waals surface area (Å²) in [5.74, 6) is -0.133. The van der Waals surface area contributed by atoms with Crippen molar-refractivity contribution in [2.75, 3.05) is 17.6 Å². The van der Waals surface area contributed by atoms with Gasteiger partial charge in [0.25, 0.3) is 0 Å². The second kappa shape index (κ2) is 7.72. The van der Waals surface area contributed by atoms with Crippen molar-refractivity contribution in [2.24, 2.45) is 0 Å². The molecule has 142 valence electrons. The van der Waals surface area contributed by atoms with E-state index < -0.39 is 6.04 Å². The maximum absolute atomic E-state index is 12.8. The predicted octanol–water partition coefficient (Wildman–Crippen LogP) is 3.59. The Kier molecular flexibility index (Phi) is 4.98. The number of carbonyl (C=O) groups is 2. The third-order valence-corrected chi connectivity index (χ3v) is 5.21. The fourth-order valence-corrected chi connectivity index (χ4v) is 3.78. The van der Waals surface area contributed by atoms with E-state index in [-0.39, 0.29) is 11.8 Å². The highest BCUT2D eigenvalue weighted by molar-refractivity contribution is 5.99. The topological polar surface area (TPSA) is 75.4 Å². The lowest BCUT2D eigenvalue weighted by molar-refractivity contribution is -0.136. The SMILES string of the molecule is Nc1ccc2cc(NC(=O)[C@@H]3CCCN3C(=O)Cc3ccccc3)ccc2c1. The first-order valence-corrected chi connectivity index (χ1v) is 9.54. The van der Waals surface area contributed by atoms with Crippen LogP contribution in [0.2, 0.25) is 0 Å². The molecule has 1 atom stereocenters. The maximum atomic E-state index is 12.8. The van der Waals surface area contributed by atoms with Crippen LogP contribution < -0.4 is 11.1 Å². The summed E-state index contributed by atoms with van der Waals surface area (Å²) in [6.07, 6.45) is 1.86. The molecule has 1 saturated heterocycles. The van der Waals surface area contributed by atoms with Crippen LogP contribution in [0.25, 0.3) is 10.8 Å². The van der Waals surface area contributed by atoms with Crippen LogP contribution >= 0.6 is 0 Å². The highest BCUT2D eigenvalue weighted by Gasteiger charge is 2.33. The molecule has 4 rings (SSSR count). The van der Waals surface area contributed by atoms with Crippen LogP contribution in [0.4, 0.5) is 11.4 Å². The normalized spacial score (nSPS) is 16.3. The van der Waals surface area contributed by atoms with Gasteiger partial charge < -0.3 is 16.0 Å². The van der Waals surface area contributed by atoms with Gasteiger partial charge in [-0.1, -0.05) is 42.5 Å². The number of nitrogens with two attached hydrogens (primary N) is 1. The molecule has 1 aliphatic rings. The zero-order valence-electron chi connectivity index (χ0n) is 15.6. The van der Waals surface area contributed by atoms with Gasteiger partial charge in [0.05, 0.1) is 6.42 Å². The number of hydrogen-bond acceptors (Lipinski definition) is 3. The molecule has 2 amide bonds. The van der Waals surface area contributed by atoms with E-state index in [2.05, 4.69) is 5.32 Å². The summed E-state index contributed by atoms with van der Waals surface area (Å²) in [4.78, 5) is 27.3. The molecule has 0 radical (unpaired) electrons. The number of amides is 2. The summed E-state index contributed by atoms with van der Waals surface area (Å²) in [7, 11) is 0. The zero-order chi connectivity index (χ0) is 19.5. The number of benzene rings is 3. The van der Waals surface area contributed by atoms with Gasteiger partial charge >= 0.3 is 0 Å². The van der Waals surface area contributed by atoms with E-state index >= 15 is 0 Å². The minimum atomic E-state index is -0.418. The average Bonchev–Trinajstić information content (AvgIpc) is 3.19. The highest BCUT2D eigenvalue weighted by Crippen LogP contribution is 2.24. The second-order valence-electron chi connectivity index (χ2n) is 7.22. The number of nitrogen functional groups attached to an aromatic ring is 1. The molecular formula is C23H23N3O2. The first kappa shape index (κ1) is 18.0. The molecule has 0 saturated carbocycles. The molecule has 28 heavy (non-hydrogen) atoms. The van der Waals surface area contributed by atoms with Gasteiger partial charge in [0, 0.05) is 17.9 Å². The number of nitrogens with one attached hydrogen (secondary N) is 1. The van der Waals surface area contributed by atoms with Crippen molar-refractivity contribution in [1.82, 2.24) is 4.90 Å². The molecular weight excluding hydrogens is 350 g/mol. The molecule has 3 aromatic rings. The van der Waals surface area contributed by atoms with E-state index in [0.29, 0.717) is 25.1 Å². The summed E-state index contributed by atoms with van der Waals surface area (Å²) in [5, 5.41) is 5.01. The minimum absolute atomic E-state index is 0.00200. The molecule has 0 bridgehead atoms. The summed E-state index contributed by atoms with van der Waals surface area (Å²) >= 11 is 0. The number of nitrogens with zero attached hydrogens (tertiary/aromatic N) is 1. The lowest BCUT2D eigenvalue weighted by atomic mass is 10.1. The van der Waals surface area contributed by atoms with Crippen molar-refractivity contribution < 1.29 is 9.59 Å². The maximum Gasteiger partial charge on any atom is 0.247 e. The largest absolute Gasteiger partial charge is 0.399 e. The summed E-state index contributed by atoms with van der Waals surface area (Å²) in [6.45, 7) is 0.626. The highest BCUT2D eigenvalue weighted by atomic mass is 16.2. The quantitative estimate of drug-likeness (QED) is 0.686. The number of rotatable bonds is 4. The molecule has 0 aliphatic carbocycles. The number of anilines is 2. The van der Waals surface area contributed by atoms with Gasteiger partial charge in [-0.25, -0.2) is 0 Å². The number of fused-ring (bicyclic) bond motifs is 1. The lowest BCUT2D eigenvalue weighted by Crippen LogP contribution is -2.43. The van der Waals surface area contributed by atoms with Crippen LogP contribution in [0.1, 0.15) is 18.4 Å². The Morgan fingerprint density at radius 3 is 2.57 bits per heavy atom. The van der Waals surface area contributed by atoms with E-state index in [1.807, 2.05) is 66.7 Å². The van der Waals surface area contributed by atoms with Crippen LogP contribution in [0.15, 0.2) is 66.7 Å². The summed E-state index contributed by atoms with van der Waals surface area (Å²) in [5.41, 5.74) is 8.22. The third kappa shape index (κ3) is 3.83. The fraction of sp³-hybridized carbons (Fsp3) is 0.217. The van der Waals surface area contributed by atoms with Crippen LogP contribution in [-0.4, -0.2) is 29.3 Å². The van der Waals surface area contributed by atoms with Gasteiger partial charge in [-0.3, -0.25) is 9.59 Å². The Hall–Kier alpha value is -3.34. The fourth-order valence-electron chi connectivity index (χ4n) is 3.78. The molecule has 0 aromatic heterocycles. The van der Waals surface area contributed by atoms with Gasteiger partial charge in [-0.15, -0.1) is 0 Å². The van der Waals surface area contributed by atoms with Gasteiger partial charge in [-0.05, 0) is 53.4 Å².